The van der Waals surface area contributed by atoms with Gasteiger partial charge in [0.2, 0.25) is 0 Å². The van der Waals surface area contributed by atoms with Gasteiger partial charge < -0.3 is 15.4 Å². The molecule has 1 aromatic carbocycles. The van der Waals surface area contributed by atoms with Gasteiger partial charge in [0.05, 0.1) is 7.11 Å². The molecule has 0 saturated carbocycles. The molecule has 4 heteroatoms. The van der Waals surface area contributed by atoms with Crippen LogP contribution in [0.1, 0.15) is 18.4 Å². The van der Waals surface area contributed by atoms with E-state index in [-0.39, 0.29) is 0 Å². The largest absolute Gasteiger partial charge is 0.497 e. The van der Waals surface area contributed by atoms with Crippen LogP contribution in [0.2, 0.25) is 5.02 Å². The van der Waals surface area contributed by atoms with Gasteiger partial charge in [-0.25, -0.2) is 0 Å². The van der Waals surface area contributed by atoms with E-state index in [1.54, 1.807) is 7.11 Å². The Balaban J connectivity index is 1.79. The van der Waals surface area contributed by atoms with Crippen LogP contribution in [0.4, 0.5) is 0 Å². The second-order valence-corrected chi connectivity index (χ2v) is 5.21. The van der Waals surface area contributed by atoms with Crippen molar-refractivity contribution in [3.05, 3.63) is 28.8 Å². The van der Waals surface area contributed by atoms with E-state index in [2.05, 4.69) is 10.6 Å². The maximum absolute atomic E-state index is 6.20. The zero-order valence-electron chi connectivity index (χ0n) is 10.8. The summed E-state index contributed by atoms with van der Waals surface area (Å²) < 4.78 is 5.14. The minimum atomic E-state index is 0.746. The van der Waals surface area contributed by atoms with Crippen LogP contribution < -0.4 is 15.4 Å². The molecule has 0 spiro atoms. The van der Waals surface area contributed by atoms with Gasteiger partial charge in [0.25, 0.3) is 0 Å². The molecule has 0 aliphatic carbocycles. The van der Waals surface area contributed by atoms with E-state index in [1.807, 2.05) is 18.2 Å². The highest BCUT2D eigenvalue weighted by atomic mass is 35.5. The Labute approximate surface area is 114 Å². The maximum Gasteiger partial charge on any atom is 0.120 e. The van der Waals surface area contributed by atoms with Crippen LogP contribution >= 0.6 is 11.6 Å². The van der Waals surface area contributed by atoms with Crippen LogP contribution in [0.25, 0.3) is 0 Å². The molecule has 1 fully saturated rings. The number of nitrogens with one attached hydrogen (secondary N) is 2. The fraction of sp³-hybridized carbons (Fsp3) is 0.571. The van der Waals surface area contributed by atoms with Gasteiger partial charge in [-0.15, -0.1) is 0 Å². The van der Waals surface area contributed by atoms with Crippen LogP contribution in [0.15, 0.2) is 18.2 Å². The standard InChI is InChI=1S/C14H21ClN2O/c1-18-13-5-4-12(14(15)7-13)10-17-9-11-3-2-6-16-8-11/h4-5,7,11,16-17H,2-3,6,8-10H2,1H3. The summed E-state index contributed by atoms with van der Waals surface area (Å²) in [6.45, 7) is 4.17. The first kappa shape index (κ1) is 13.7. The van der Waals surface area contributed by atoms with E-state index >= 15 is 0 Å². The number of halogens is 1. The van der Waals surface area contributed by atoms with E-state index < -0.39 is 0 Å². The lowest BCUT2D eigenvalue weighted by Crippen LogP contribution is -2.35. The Morgan fingerprint density at radius 2 is 2.39 bits per heavy atom. The normalized spacial score (nSPS) is 19.8. The first-order valence-corrected chi connectivity index (χ1v) is 6.91. The van der Waals surface area contributed by atoms with E-state index in [0.717, 1.165) is 41.9 Å². The number of ether oxygens (including phenoxy) is 1. The van der Waals surface area contributed by atoms with E-state index in [4.69, 9.17) is 16.3 Å². The van der Waals surface area contributed by atoms with Crippen LogP contribution in [0.3, 0.4) is 0 Å². The number of hydrogen-bond acceptors (Lipinski definition) is 3. The van der Waals surface area contributed by atoms with E-state index in [9.17, 15) is 0 Å². The van der Waals surface area contributed by atoms with Gasteiger partial charge in [-0.05, 0) is 56.1 Å². The third-order valence-corrected chi connectivity index (χ3v) is 3.76. The first-order chi connectivity index (χ1) is 8.79. The summed E-state index contributed by atoms with van der Waals surface area (Å²) in [6.07, 6.45) is 2.60. The highest BCUT2D eigenvalue weighted by Gasteiger charge is 2.12. The lowest BCUT2D eigenvalue weighted by Gasteiger charge is -2.23. The summed E-state index contributed by atoms with van der Waals surface area (Å²) in [5.41, 5.74) is 1.13. The lowest BCUT2D eigenvalue weighted by molar-refractivity contribution is 0.360. The Morgan fingerprint density at radius 3 is 3.06 bits per heavy atom. The van der Waals surface area contributed by atoms with Crippen LogP contribution in [0, 0.1) is 5.92 Å². The SMILES string of the molecule is COc1ccc(CNCC2CCCNC2)c(Cl)c1. The predicted octanol–water partition coefficient (Wildman–Crippen LogP) is 2.44. The fourth-order valence-corrected chi connectivity index (χ4v) is 2.54. The predicted molar refractivity (Wildman–Crippen MR) is 75.3 cm³/mol. The molecule has 1 unspecified atom stereocenters. The van der Waals surface area contributed by atoms with Crippen molar-refractivity contribution in [3.8, 4) is 5.75 Å². The molecule has 0 radical (unpaired) electrons. The molecule has 3 nitrogen and oxygen atoms in total. The third-order valence-electron chi connectivity index (χ3n) is 3.41. The number of rotatable bonds is 5. The molecular weight excluding hydrogens is 248 g/mol. The van der Waals surface area contributed by atoms with Gasteiger partial charge in [0.1, 0.15) is 5.75 Å². The molecular formula is C14H21ClN2O. The van der Waals surface area contributed by atoms with E-state index in [1.165, 1.54) is 19.4 Å². The smallest absolute Gasteiger partial charge is 0.120 e. The zero-order chi connectivity index (χ0) is 12.8. The van der Waals surface area contributed by atoms with Gasteiger partial charge in [-0.2, -0.15) is 0 Å². The van der Waals surface area contributed by atoms with Gasteiger partial charge in [-0.3, -0.25) is 0 Å². The summed E-state index contributed by atoms with van der Waals surface area (Å²) in [5, 5.41) is 7.68. The number of benzene rings is 1. The molecule has 1 aliphatic heterocycles. The van der Waals surface area contributed by atoms with Gasteiger partial charge in [0, 0.05) is 11.6 Å². The molecule has 0 bridgehead atoms. The van der Waals surface area contributed by atoms with Gasteiger partial charge in [0.15, 0.2) is 0 Å². The molecule has 1 heterocycles. The Bertz CT molecular complexity index is 378. The molecule has 18 heavy (non-hydrogen) atoms. The maximum atomic E-state index is 6.20. The van der Waals surface area contributed by atoms with Crippen molar-refractivity contribution in [2.24, 2.45) is 5.92 Å². The quantitative estimate of drug-likeness (QED) is 0.861. The Morgan fingerprint density at radius 1 is 1.50 bits per heavy atom. The summed E-state index contributed by atoms with van der Waals surface area (Å²) in [7, 11) is 1.65. The molecule has 0 amide bonds. The molecule has 2 rings (SSSR count). The minimum absolute atomic E-state index is 0.746. The fourth-order valence-electron chi connectivity index (χ4n) is 2.31. The summed E-state index contributed by atoms with van der Waals surface area (Å²) in [6, 6.07) is 5.83. The molecule has 1 aromatic rings. The monoisotopic (exact) mass is 268 g/mol. The van der Waals surface area contributed by atoms with Crippen LogP contribution in [0.5, 0.6) is 5.75 Å². The van der Waals surface area contributed by atoms with Gasteiger partial charge in [-0.1, -0.05) is 17.7 Å². The lowest BCUT2D eigenvalue weighted by atomic mass is 10.00. The number of methoxy groups -OCH3 is 1. The van der Waals surface area contributed by atoms with E-state index in [0.29, 0.717) is 0 Å². The second kappa shape index (κ2) is 6.98. The summed E-state index contributed by atoms with van der Waals surface area (Å²) in [4.78, 5) is 0. The highest BCUT2D eigenvalue weighted by Crippen LogP contribution is 2.22. The van der Waals surface area contributed by atoms with Crippen molar-refractivity contribution in [3.63, 3.8) is 0 Å². The molecule has 100 valence electrons. The first-order valence-electron chi connectivity index (χ1n) is 6.53. The highest BCUT2D eigenvalue weighted by molar-refractivity contribution is 6.31. The summed E-state index contributed by atoms with van der Waals surface area (Å²) in [5.74, 6) is 1.55. The minimum Gasteiger partial charge on any atom is -0.497 e. The Kier molecular flexibility index (Phi) is 5.29. The molecule has 1 aliphatic rings. The average molecular weight is 269 g/mol. The number of piperidine rings is 1. The Hall–Kier alpha value is -0.770. The second-order valence-electron chi connectivity index (χ2n) is 4.80. The van der Waals surface area contributed by atoms with Crippen molar-refractivity contribution in [2.75, 3.05) is 26.7 Å². The van der Waals surface area contributed by atoms with Crippen molar-refractivity contribution < 1.29 is 4.74 Å². The van der Waals surface area contributed by atoms with Gasteiger partial charge >= 0.3 is 0 Å². The zero-order valence-corrected chi connectivity index (χ0v) is 11.6. The molecule has 2 N–H and O–H groups in total. The average Bonchev–Trinajstić information content (AvgIpc) is 2.42. The third kappa shape index (κ3) is 3.87. The molecule has 1 saturated heterocycles. The van der Waals surface area contributed by atoms with Crippen LogP contribution in [-0.2, 0) is 6.54 Å². The molecule has 1 atom stereocenters. The van der Waals surface area contributed by atoms with Crippen molar-refractivity contribution in [1.82, 2.24) is 10.6 Å². The molecule has 0 aromatic heterocycles. The topological polar surface area (TPSA) is 33.3 Å². The van der Waals surface area contributed by atoms with Crippen molar-refractivity contribution in [2.45, 2.75) is 19.4 Å². The van der Waals surface area contributed by atoms with Crippen molar-refractivity contribution >= 4 is 11.6 Å². The van der Waals surface area contributed by atoms with Crippen molar-refractivity contribution in [1.29, 1.82) is 0 Å². The number of hydrogen-bond donors (Lipinski definition) is 2. The van der Waals surface area contributed by atoms with Crippen LogP contribution in [-0.4, -0.2) is 26.7 Å². The summed E-state index contributed by atoms with van der Waals surface area (Å²) >= 11 is 6.20.